The summed E-state index contributed by atoms with van der Waals surface area (Å²) >= 11 is 0. The Morgan fingerprint density at radius 3 is 2.46 bits per heavy atom. The monoisotopic (exact) mass is 549 g/mol. The smallest absolute Gasteiger partial charge is 0.292 e. The van der Waals surface area contributed by atoms with Crippen molar-refractivity contribution >= 4 is 17.4 Å². The summed E-state index contributed by atoms with van der Waals surface area (Å²) in [4.78, 5) is 28.0. The number of benzene rings is 1. The van der Waals surface area contributed by atoms with Gasteiger partial charge in [-0.3, -0.25) is 9.78 Å². The lowest BCUT2D eigenvalue weighted by Crippen LogP contribution is -2.46. The molecule has 11 heteroatoms. The fourth-order valence-corrected chi connectivity index (χ4v) is 6.62. The third kappa shape index (κ3) is 4.19. The van der Waals surface area contributed by atoms with Gasteiger partial charge in [0.2, 0.25) is 5.82 Å². The Bertz CT molecular complexity index is 1700. The predicted octanol–water partition coefficient (Wildman–Crippen LogP) is 4.28. The lowest BCUT2D eigenvalue weighted by atomic mass is 9.85. The molecule has 2 saturated heterocycles. The highest BCUT2D eigenvalue weighted by Crippen LogP contribution is 2.45. The molecule has 2 aliphatic heterocycles. The molecule has 0 radical (unpaired) electrons. The summed E-state index contributed by atoms with van der Waals surface area (Å²) < 4.78 is 7.01. The molecule has 6 heterocycles. The highest BCUT2D eigenvalue weighted by atomic mass is 16.5. The Balaban J connectivity index is 1.21. The SMILES string of the molecule is CCc1c([C@H]2C[C@H]3CC[C@@H](C2)N3C(=O)c2nnc[nH]2)nc2c(-c3ccc(-c4ccc(OC)cc4)nc3)cnn2c1N. The Morgan fingerprint density at radius 2 is 1.83 bits per heavy atom. The second kappa shape index (κ2) is 9.99. The number of nitrogens with zero attached hydrogens (tertiary/aromatic N) is 7. The Hall–Kier alpha value is -4.80. The van der Waals surface area contributed by atoms with Crippen LogP contribution in [0, 0.1) is 0 Å². The quantitative estimate of drug-likeness (QED) is 0.320. The van der Waals surface area contributed by atoms with Crippen molar-refractivity contribution in [1.82, 2.24) is 39.7 Å². The van der Waals surface area contributed by atoms with Crippen LogP contribution < -0.4 is 10.5 Å². The lowest BCUT2D eigenvalue weighted by Gasteiger charge is -2.38. The molecule has 1 amide bonds. The molecule has 208 valence electrons. The number of nitrogens with one attached hydrogen (secondary N) is 1. The normalized spacial score (nSPS) is 20.0. The largest absolute Gasteiger partial charge is 0.497 e. The van der Waals surface area contributed by atoms with Crippen LogP contribution in [0.25, 0.3) is 28.0 Å². The number of H-pyrrole nitrogens is 1. The average Bonchev–Trinajstić information content (AvgIpc) is 3.75. The van der Waals surface area contributed by atoms with Gasteiger partial charge in [-0.25, -0.2) is 4.98 Å². The van der Waals surface area contributed by atoms with Gasteiger partial charge >= 0.3 is 0 Å². The molecule has 2 bridgehead atoms. The fraction of sp³-hybridized carbons (Fsp3) is 0.333. The number of piperidine rings is 1. The van der Waals surface area contributed by atoms with Gasteiger partial charge in [-0.2, -0.15) is 9.61 Å². The number of aromatic amines is 1. The summed E-state index contributed by atoms with van der Waals surface area (Å²) in [5, 5.41) is 12.4. The van der Waals surface area contributed by atoms with Crippen LogP contribution in [-0.4, -0.2) is 64.8 Å². The molecule has 2 fully saturated rings. The zero-order valence-corrected chi connectivity index (χ0v) is 23.0. The maximum absolute atomic E-state index is 13.2. The van der Waals surface area contributed by atoms with E-state index in [1.54, 1.807) is 11.6 Å². The molecule has 41 heavy (non-hydrogen) atoms. The number of nitrogen functional groups attached to an aromatic ring is 1. The first-order chi connectivity index (χ1) is 20.1. The predicted molar refractivity (Wildman–Crippen MR) is 153 cm³/mol. The number of amides is 1. The lowest BCUT2D eigenvalue weighted by molar-refractivity contribution is 0.0557. The van der Waals surface area contributed by atoms with Crippen LogP contribution in [0.3, 0.4) is 0 Å². The van der Waals surface area contributed by atoms with Gasteiger partial charge in [-0.1, -0.05) is 13.0 Å². The van der Waals surface area contributed by atoms with Gasteiger partial charge in [-0.15, -0.1) is 10.2 Å². The van der Waals surface area contributed by atoms with E-state index in [9.17, 15) is 4.79 Å². The number of pyridine rings is 1. The molecule has 3 N–H and O–H groups in total. The Morgan fingerprint density at radius 1 is 1.07 bits per heavy atom. The number of hydrogen-bond acceptors (Lipinski definition) is 8. The van der Waals surface area contributed by atoms with Crippen LogP contribution in [0.15, 0.2) is 55.1 Å². The summed E-state index contributed by atoms with van der Waals surface area (Å²) in [6, 6.07) is 12.2. The zero-order chi connectivity index (χ0) is 28.1. The van der Waals surface area contributed by atoms with E-state index in [1.807, 2.05) is 53.7 Å². The summed E-state index contributed by atoms with van der Waals surface area (Å²) in [6.07, 6.45) is 9.51. The first-order valence-corrected chi connectivity index (χ1v) is 14.0. The van der Waals surface area contributed by atoms with Crippen LogP contribution in [0.4, 0.5) is 5.82 Å². The van der Waals surface area contributed by atoms with E-state index in [2.05, 4.69) is 27.2 Å². The summed E-state index contributed by atoms with van der Waals surface area (Å²) in [7, 11) is 1.66. The van der Waals surface area contributed by atoms with Crippen LogP contribution in [0.1, 0.15) is 60.4 Å². The molecule has 4 aromatic heterocycles. The van der Waals surface area contributed by atoms with Crippen molar-refractivity contribution in [2.45, 2.75) is 57.0 Å². The van der Waals surface area contributed by atoms with Crippen LogP contribution >= 0.6 is 0 Å². The minimum atomic E-state index is -0.0734. The van der Waals surface area contributed by atoms with Crippen molar-refractivity contribution in [3.63, 3.8) is 0 Å². The molecule has 0 unspecified atom stereocenters. The van der Waals surface area contributed by atoms with Crippen molar-refractivity contribution in [3.05, 3.63) is 72.2 Å². The summed E-state index contributed by atoms with van der Waals surface area (Å²) in [5.74, 6) is 1.85. The van der Waals surface area contributed by atoms with Crippen LogP contribution in [0.5, 0.6) is 5.75 Å². The standard InChI is InChI=1S/C30H31N9O2/c1-3-23-26(19-12-20-7-8-21(13-19)38(20)30(40)28-33-16-34-37-28)36-29-24(15-35-39(29)27(23)31)18-6-11-25(32-14-18)17-4-9-22(41-2)10-5-17/h4-6,9-11,14-16,19-21H,3,7-8,12-13,31H2,1-2H3,(H,33,34,37)/t19-,20+,21-. The molecule has 0 aliphatic carbocycles. The minimum absolute atomic E-state index is 0.0734. The minimum Gasteiger partial charge on any atom is -0.497 e. The maximum Gasteiger partial charge on any atom is 0.292 e. The second-order valence-electron chi connectivity index (χ2n) is 10.8. The van der Waals surface area contributed by atoms with E-state index in [-0.39, 0.29) is 23.9 Å². The molecule has 3 atom stereocenters. The molecule has 11 nitrogen and oxygen atoms in total. The van der Waals surface area contributed by atoms with Gasteiger partial charge in [0.05, 0.1) is 24.7 Å². The molecule has 0 saturated carbocycles. The number of methoxy groups -OCH3 is 1. The number of ether oxygens (including phenoxy) is 1. The van der Waals surface area contributed by atoms with E-state index in [4.69, 9.17) is 20.4 Å². The highest BCUT2D eigenvalue weighted by molar-refractivity contribution is 5.91. The van der Waals surface area contributed by atoms with Gasteiger partial charge in [0.25, 0.3) is 5.91 Å². The van der Waals surface area contributed by atoms with Crippen molar-refractivity contribution in [1.29, 1.82) is 0 Å². The zero-order valence-electron chi connectivity index (χ0n) is 23.0. The highest BCUT2D eigenvalue weighted by Gasteiger charge is 2.45. The van der Waals surface area contributed by atoms with Crippen molar-refractivity contribution < 1.29 is 9.53 Å². The van der Waals surface area contributed by atoms with Crippen molar-refractivity contribution in [2.75, 3.05) is 12.8 Å². The maximum atomic E-state index is 13.2. The number of nitrogens with two attached hydrogens (primary N) is 1. The number of carbonyl (C=O) groups excluding carboxylic acids is 1. The van der Waals surface area contributed by atoms with E-state index < -0.39 is 0 Å². The molecule has 1 aromatic carbocycles. The number of carbonyl (C=O) groups is 1. The third-order valence-corrected chi connectivity index (χ3v) is 8.60. The number of fused-ring (bicyclic) bond motifs is 3. The van der Waals surface area contributed by atoms with E-state index in [1.165, 1.54) is 6.33 Å². The van der Waals surface area contributed by atoms with Gasteiger partial charge in [0.1, 0.15) is 17.9 Å². The topological polar surface area (TPSA) is 140 Å². The van der Waals surface area contributed by atoms with E-state index >= 15 is 0 Å². The van der Waals surface area contributed by atoms with Crippen molar-refractivity contribution in [2.24, 2.45) is 0 Å². The number of anilines is 1. The third-order valence-electron chi connectivity index (χ3n) is 8.60. The van der Waals surface area contributed by atoms with Gasteiger partial charge in [-0.05, 0) is 62.4 Å². The molecular weight excluding hydrogens is 518 g/mol. The first-order valence-electron chi connectivity index (χ1n) is 14.0. The molecule has 2 aliphatic rings. The average molecular weight is 550 g/mol. The second-order valence-corrected chi connectivity index (χ2v) is 10.8. The van der Waals surface area contributed by atoms with Gasteiger partial charge < -0.3 is 20.4 Å². The number of rotatable bonds is 6. The van der Waals surface area contributed by atoms with Crippen LogP contribution in [-0.2, 0) is 6.42 Å². The van der Waals surface area contributed by atoms with E-state index in [0.717, 1.165) is 77.1 Å². The Kier molecular flexibility index (Phi) is 6.14. The van der Waals surface area contributed by atoms with Crippen molar-refractivity contribution in [3.8, 4) is 28.1 Å². The van der Waals surface area contributed by atoms with Crippen LogP contribution in [0.2, 0.25) is 0 Å². The number of aromatic nitrogens is 7. The summed E-state index contributed by atoms with van der Waals surface area (Å²) in [5.41, 5.74) is 13.2. The molecule has 7 rings (SSSR count). The molecule has 5 aromatic rings. The first kappa shape index (κ1) is 25.2. The molecule has 0 spiro atoms. The Labute approximate surface area is 236 Å². The van der Waals surface area contributed by atoms with Gasteiger partial charge in [0, 0.05) is 46.5 Å². The van der Waals surface area contributed by atoms with Gasteiger partial charge in [0.15, 0.2) is 5.65 Å². The van der Waals surface area contributed by atoms with E-state index in [0.29, 0.717) is 11.6 Å². The number of hydrogen-bond donors (Lipinski definition) is 2. The summed E-state index contributed by atoms with van der Waals surface area (Å²) in [6.45, 7) is 2.10. The molecular formula is C30H31N9O2. The fourth-order valence-electron chi connectivity index (χ4n) is 6.62.